The van der Waals surface area contributed by atoms with Crippen LogP contribution in [0.5, 0.6) is 0 Å². The van der Waals surface area contributed by atoms with Crippen LogP contribution >= 0.6 is 45.8 Å². The highest BCUT2D eigenvalue weighted by Gasteiger charge is 2.09. The highest BCUT2D eigenvalue weighted by atomic mass is 127. The van der Waals surface area contributed by atoms with Crippen molar-refractivity contribution in [3.8, 4) is 0 Å². The quantitative estimate of drug-likeness (QED) is 0.588. The normalized spacial score (nSPS) is 10.1. The number of nitrogens with zero attached hydrogens (tertiary/aromatic N) is 3. The Morgan fingerprint density at radius 2 is 1.58 bits per heavy atom. The summed E-state index contributed by atoms with van der Waals surface area (Å²) in [6, 6.07) is 0. The summed E-state index contributed by atoms with van der Waals surface area (Å²) in [5.41, 5.74) is 0. The molecule has 0 amide bonds. The minimum absolute atomic E-state index is 0.388. The van der Waals surface area contributed by atoms with E-state index in [1.54, 1.807) is 4.90 Å². The van der Waals surface area contributed by atoms with Gasteiger partial charge in [-0.05, 0) is 22.6 Å². The zero-order valence-corrected chi connectivity index (χ0v) is 10.1. The fourth-order valence-electron chi connectivity index (χ4n) is 0.584. The van der Waals surface area contributed by atoms with Gasteiger partial charge in [-0.15, -0.1) is 0 Å². The lowest BCUT2D eigenvalue weighted by atomic mass is 10.6. The fourth-order valence-corrected chi connectivity index (χ4v) is 1.20. The third kappa shape index (κ3) is 2.11. The van der Waals surface area contributed by atoms with Crippen LogP contribution in [0, 0.1) is 3.57 Å². The maximum Gasteiger partial charge on any atom is 0.227 e. The van der Waals surface area contributed by atoms with E-state index in [1.807, 2.05) is 36.7 Å². The van der Waals surface area contributed by atoms with Gasteiger partial charge in [0.2, 0.25) is 5.95 Å². The van der Waals surface area contributed by atoms with Gasteiger partial charge in [0.05, 0.1) is 3.57 Å². The summed E-state index contributed by atoms with van der Waals surface area (Å²) in [6.45, 7) is 0. The minimum Gasteiger partial charge on any atom is -0.347 e. The third-order valence-electron chi connectivity index (χ3n) is 1.16. The number of aromatic nitrogens is 2. The van der Waals surface area contributed by atoms with Gasteiger partial charge in [0.1, 0.15) is 10.3 Å². The summed E-state index contributed by atoms with van der Waals surface area (Å²) in [4.78, 5) is 9.79. The van der Waals surface area contributed by atoms with Crippen molar-refractivity contribution in [2.75, 3.05) is 19.0 Å². The molecule has 0 N–H and O–H groups in total. The number of hydrogen-bond acceptors (Lipinski definition) is 3. The molecule has 0 fully saturated rings. The van der Waals surface area contributed by atoms with Crippen molar-refractivity contribution in [3.05, 3.63) is 13.9 Å². The van der Waals surface area contributed by atoms with Crippen LogP contribution in [0.3, 0.4) is 0 Å². The van der Waals surface area contributed by atoms with Gasteiger partial charge in [0.25, 0.3) is 0 Å². The molecule has 1 aromatic heterocycles. The molecule has 1 heterocycles. The number of hydrogen-bond donors (Lipinski definition) is 0. The van der Waals surface area contributed by atoms with Crippen molar-refractivity contribution in [3.63, 3.8) is 0 Å². The fraction of sp³-hybridized carbons (Fsp3) is 0.333. The van der Waals surface area contributed by atoms with E-state index in [1.165, 1.54) is 0 Å². The minimum atomic E-state index is 0.388. The molecule has 12 heavy (non-hydrogen) atoms. The molecule has 0 unspecified atom stereocenters. The van der Waals surface area contributed by atoms with Crippen LogP contribution in [-0.2, 0) is 0 Å². The van der Waals surface area contributed by atoms with Crippen molar-refractivity contribution >= 4 is 51.7 Å². The van der Waals surface area contributed by atoms with Gasteiger partial charge in [0.15, 0.2) is 0 Å². The topological polar surface area (TPSA) is 29.0 Å². The van der Waals surface area contributed by atoms with Gasteiger partial charge >= 0.3 is 0 Å². The first-order valence-corrected chi connectivity index (χ1v) is 4.91. The summed E-state index contributed by atoms with van der Waals surface area (Å²) in [6.07, 6.45) is 0. The largest absolute Gasteiger partial charge is 0.347 e. The Bertz CT molecular complexity index is 280. The lowest BCUT2D eigenvalue weighted by Gasteiger charge is -2.10. The Labute approximate surface area is 94.2 Å². The van der Waals surface area contributed by atoms with E-state index < -0.39 is 0 Å². The molecule has 0 saturated carbocycles. The predicted octanol–water partition coefficient (Wildman–Crippen LogP) is 2.45. The summed E-state index contributed by atoms with van der Waals surface area (Å²) in [7, 11) is 3.66. The van der Waals surface area contributed by atoms with Crippen LogP contribution < -0.4 is 4.90 Å². The number of halogens is 3. The molecule has 0 radical (unpaired) electrons. The molecule has 0 spiro atoms. The van der Waals surface area contributed by atoms with Crippen molar-refractivity contribution in [1.82, 2.24) is 9.97 Å². The van der Waals surface area contributed by atoms with E-state index in [2.05, 4.69) is 9.97 Å². The summed E-state index contributed by atoms with van der Waals surface area (Å²) in [5.74, 6) is 0.519. The van der Waals surface area contributed by atoms with Gasteiger partial charge in [-0.3, -0.25) is 0 Å². The third-order valence-corrected chi connectivity index (χ3v) is 3.37. The maximum absolute atomic E-state index is 5.79. The molecule has 1 aromatic rings. The van der Waals surface area contributed by atoms with Gasteiger partial charge < -0.3 is 4.90 Å². The van der Waals surface area contributed by atoms with E-state index in [4.69, 9.17) is 23.2 Å². The van der Waals surface area contributed by atoms with E-state index >= 15 is 0 Å². The van der Waals surface area contributed by atoms with Crippen molar-refractivity contribution in [1.29, 1.82) is 0 Å². The second-order valence-electron chi connectivity index (χ2n) is 2.31. The van der Waals surface area contributed by atoms with Gasteiger partial charge in [-0.1, -0.05) is 23.2 Å². The van der Waals surface area contributed by atoms with Crippen LogP contribution in [0.1, 0.15) is 0 Å². The van der Waals surface area contributed by atoms with Crippen LogP contribution in [-0.4, -0.2) is 24.1 Å². The number of rotatable bonds is 1. The Balaban J connectivity index is 3.21. The molecule has 0 atom stereocenters. The first-order chi connectivity index (χ1) is 5.52. The SMILES string of the molecule is CN(C)c1nc(Cl)c(I)c(Cl)n1. The average molecular weight is 318 g/mol. The van der Waals surface area contributed by atoms with E-state index in [0.29, 0.717) is 19.8 Å². The predicted molar refractivity (Wildman–Crippen MR) is 59.1 cm³/mol. The molecule has 1 rings (SSSR count). The Hall–Kier alpha value is 0.190. The summed E-state index contributed by atoms with van der Waals surface area (Å²) >= 11 is 13.6. The highest BCUT2D eigenvalue weighted by molar-refractivity contribution is 14.1. The molecule has 0 bridgehead atoms. The molecule has 0 aromatic carbocycles. The zero-order chi connectivity index (χ0) is 9.30. The van der Waals surface area contributed by atoms with Gasteiger partial charge in [0, 0.05) is 14.1 Å². The van der Waals surface area contributed by atoms with Crippen molar-refractivity contribution in [2.24, 2.45) is 0 Å². The molecule has 6 heteroatoms. The Kier molecular flexibility index (Phi) is 3.37. The average Bonchev–Trinajstić information content (AvgIpc) is 1.99. The molecular formula is C6H6Cl2IN3. The standard InChI is InChI=1S/C6H6Cl2IN3/c1-12(2)6-10-4(7)3(9)5(8)11-6/h1-2H3. The van der Waals surface area contributed by atoms with Crippen LogP contribution in [0.25, 0.3) is 0 Å². The van der Waals surface area contributed by atoms with Crippen LogP contribution in [0.2, 0.25) is 10.3 Å². The number of anilines is 1. The van der Waals surface area contributed by atoms with Crippen LogP contribution in [0.4, 0.5) is 5.95 Å². The van der Waals surface area contributed by atoms with E-state index in [0.717, 1.165) is 0 Å². The van der Waals surface area contributed by atoms with E-state index in [-0.39, 0.29) is 0 Å². The van der Waals surface area contributed by atoms with Gasteiger partial charge in [-0.25, -0.2) is 0 Å². The second-order valence-corrected chi connectivity index (χ2v) is 4.11. The van der Waals surface area contributed by atoms with Crippen molar-refractivity contribution < 1.29 is 0 Å². The molecule has 66 valence electrons. The first kappa shape index (κ1) is 10.3. The zero-order valence-electron chi connectivity index (χ0n) is 6.48. The first-order valence-electron chi connectivity index (χ1n) is 3.08. The molecule has 0 aliphatic rings. The molecule has 0 saturated heterocycles. The smallest absolute Gasteiger partial charge is 0.227 e. The molecular weight excluding hydrogens is 312 g/mol. The van der Waals surface area contributed by atoms with Crippen LogP contribution in [0.15, 0.2) is 0 Å². The van der Waals surface area contributed by atoms with E-state index in [9.17, 15) is 0 Å². The maximum atomic E-state index is 5.79. The Morgan fingerprint density at radius 3 is 1.92 bits per heavy atom. The van der Waals surface area contributed by atoms with Crippen molar-refractivity contribution in [2.45, 2.75) is 0 Å². The lowest BCUT2D eigenvalue weighted by molar-refractivity contribution is 0.994. The molecule has 3 nitrogen and oxygen atoms in total. The van der Waals surface area contributed by atoms with Gasteiger partial charge in [-0.2, -0.15) is 9.97 Å². The second kappa shape index (κ2) is 3.93. The lowest BCUT2D eigenvalue weighted by Crippen LogP contribution is -2.13. The monoisotopic (exact) mass is 317 g/mol. The summed E-state index contributed by atoms with van der Waals surface area (Å²) in [5, 5.41) is 0.776. The molecule has 0 aliphatic heterocycles. The summed E-state index contributed by atoms with van der Waals surface area (Å²) < 4.78 is 0.682. The molecule has 0 aliphatic carbocycles. The Morgan fingerprint density at radius 1 is 1.17 bits per heavy atom. The highest BCUT2D eigenvalue weighted by Crippen LogP contribution is 2.24.